The zero-order valence-electron chi connectivity index (χ0n) is 23.0. The van der Waals surface area contributed by atoms with Gasteiger partial charge in [0, 0.05) is 19.2 Å². The molecule has 0 spiro atoms. The van der Waals surface area contributed by atoms with Gasteiger partial charge >= 0.3 is 0 Å². The molecule has 0 radical (unpaired) electrons. The average Bonchev–Trinajstić information content (AvgIpc) is 2.98. The number of likely N-dealkylation sites (N-methyl/N-ethyl adjacent to an activating group) is 1. The molecule has 1 aliphatic heterocycles. The fraction of sp³-hybridized carbons (Fsp3) is 0.310. The highest BCUT2D eigenvalue weighted by Crippen LogP contribution is 2.34. The first-order chi connectivity index (χ1) is 20.0. The van der Waals surface area contributed by atoms with Gasteiger partial charge in [0.25, 0.3) is 10.0 Å². The predicted molar refractivity (Wildman–Crippen MR) is 158 cm³/mol. The number of nitrogens with zero attached hydrogens (tertiary/aromatic N) is 2. The van der Waals surface area contributed by atoms with Crippen molar-refractivity contribution in [3.8, 4) is 11.5 Å². The van der Waals surface area contributed by atoms with Gasteiger partial charge in [0.05, 0.1) is 20.6 Å². The summed E-state index contributed by atoms with van der Waals surface area (Å²) in [5.41, 5.74) is 0.642. The van der Waals surface area contributed by atoms with Crippen molar-refractivity contribution < 1.29 is 31.9 Å². The molecule has 0 fully saturated rings. The number of carbonyl (C=O) groups is 2. The van der Waals surface area contributed by atoms with Crippen molar-refractivity contribution in [3.63, 3.8) is 0 Å². The van der Waals surface area contributed by atoms with Gasteiger partial charge < -0.3 is 19.7 Å². The second-order valence-corrected chi connectivity index (χ2v) is 12.1. The molecule has 0 aromatic heterocycles. The van der Waals surface area contributed by atoms with Gasteiger partial charge in [-0.2, -0.15) is 0 Å². The van der Waals surface area contributed by atoms with E-state index in [4.69, 9.17) is 32.7 Å². The predicted octanol–water partition coefficient (Wildman–Crippen LogP) is 5.04. The molecule has 9 nitrogen and oxygen atoms in total. The number of anilines is 1. The van der Waals surface area contributed by atoms with Crippen LogP contribution in [-0.2, 0) is 26.2 Å². The Labute approximate surface area is 254 Å². The molecule has 1 heterocycles. The van der Waals surface area contributed by atoms with E-state index in [9.17, 15) is 22.4 Å². The third kappa shape index (κ3) is 7.08. The summed E-state index contributed by atoms with van der Waals surface area (Å²) in [6, 6.07) is 12.8. The standard InChI is InChI=1S/C29H30Cl2FN3O6S/c1-3-25(29(37)33-4-2)34(17-19-5-11-23(30)24(31)15-19)28(36)18-35(21-8-6-20(32)7-9-21)42(38,39)22-10-12-26-27(16-22)41-14-13-40-26/h5-12,15-16,25H,3-4,13-14,17-18H2,1-2H3,(H,33,37)/t25-/m1/s1. The lowest BCUT2D eigenvalue weighted by atomic mass is 10.1. The SMILES string of the molecule is CCNC(=O)[C@@H](CC)N(Cc1ccc(Cl)c(Cl)c1)C(=O)CN(c1ccc(F)cc1)S(=O)(=O)c1ccc2c(c1)OCCO2. The number of sulfonamides is 1. The van der Waals surface area contributed by atoms with Crippen LogP contribution in [0.1, 0.15) is 25.8 Å². The Bertz CT molecular complexity index is 1560. The summed E-state index contributed by atoms with van der Waals surface area (Å²) < 4.78 is 53.8. The van der Waals surface area contributed by atoms with Crippen LogP contribution in [0.5, 0.6) is 11.5 Å². The van der Waals surface area contributed by atoms with Crippen molar-refractivity contribution >= 4 is 50.7 Å². The number of ether oxygens (including phenoxy) is 2. The van der Waals surface area contributed by atoms with E-state index in [0.717, 1.165) is 16.4 Å². The highest BCUT2D eigenvalue weighted by atomic mass is 35.5. The smallest absolute Gasteiger partial charge is 0.264 e. The maximum Gasteiger partial charge on any atom is 0.264 e. The third-order valence-corrected chi connectivity index (χ3v) is 9.08. The first-order valence-corrected chi connectivity index (χ1v) is 15.4. The minimum atomic E-state index is -4.39. The molecular formula is C29H30Cl2FN3O6S. The molecule has 42 heavy (non-hydrogen) atoms. The molecular weight excluding hydrogens is 608 g/mol. The van der Waals surface area contributed by atoms with E-state index >= 15 is 0 Å². The Balaban J connectivity index is 1.75. The summed E-state index contributed by atoms with van der Waals surface area (Å²) in [5.74, 6) is -0.993. The Morgan fingerprint density at radius 3 is 2.29 bits per heavy atom. The number of hydrogen-bond donors (Lipinski definition) is 1. The number of hydrogen-bond acceptors (Lipinski definition) is 6. The highest BCUT2D eigenvalue weighted by Gasteiger charge is 2.34. The molecule has 3 aromatic carbocycles. The molecule has 2 amide bonds. The van der Waals surface area contributed by atoms with Gasteiger partial charge in [-0.15, -0.1) is 0 Å². The lowest BCUT2D eigenvalue weighted by molar-refractivity contribution is -0.140. The van der Waals surface area contributed by atoms with E-state index in [1.54, 1.807) is 32.0 Å². The molecule has 0 saturated heterocycles. The molecule has 1 aliphatic rings. The summed E-state index contributed by atoms with van der Waals surface area (Å²) in [7, 11) is -4.39. The van der Waals surface area contributed by atoms with Crippen molar-refractivity contribution in [2.45, 2.75) is 37.8 Å². The molecule has 1 atom stereocenters. The Morgan fingerprint density at radius 1 is 0.952 bits per heavy atom. The normalized spacial score (nSPS) is 13.3. The summed E-state index contributed by atoms with van der Waals surface area (Å²) in [4.78, 5) is 28.2. The van der Waals surface area contributed by atoms with E-state index in [0.29, 0.717) is 29.5 Å². The minimum Gasteiger partial charge on any atom is -0.486 e. The number of nitrogens with one attached hydrogen (secondary N) is 1. The van der Waals surface area contributed by atoms with Crippen molar-refractivity contribution in [1.82, 2.24) is 10.2 Å². The largest absolute Gasteiger partial charge is 0.486 e. The first-order valence-electron chi connectivity index (χ1n) is 13.2. The van der Waals surface area contributed by atoms with Crippen LogP contribution < -0.4 is 19.1 Å². The van der Waals surface area contributed by atoms with Crippen LogP contribution in [-0.4, -0.2) is 57.5 Å². The van der Waals surface area contributed by atoms with E-state index in [1.807, 2.05) is 0 Å². The zero-order valence-corrected chi connectivity index (χ0v) is 25.3. The van der Waals surface area contributed by atoms with Crippen LogP contribution in [0.4, 0.5) is 10.1 Å². The van der Waals surface area contributed by atoms with Crippen molar-refractivity contribution in [1.29, 1.82) is 0 Å². The lowest BCUT2D eigenvalue weighted by Gasteiger charge is -2.33. The maximum absolute atomic E-state index is 14.0. The van der Waals surface area contributed by atoms with Gasteiger partial charge in [-0.05, 0) is 67.4 Å². The van der Waals surface area contributed by atoms with Crippen LogP contribution in [0.15, 0.2) is 65.6 Å². The van der Waals surface area contributed by atoms with E-state index in [-0.39, 0.29) is 40.9 Å². The summed E-state index contributed by atoms with van der Waals surface area (Å²) in [6.45, 7) is 3.69. The molecule has 0 unspecified atom stereocenters. The summed E-state index contributed by atoms with van der Waals surface area (Å²) in [5, 5.41) is 3.32. The molecule has 0 saturated carbocycles. The monoisotopic (exact) mass is 637 g/mol. The topological polar surface area (TPSA) is 105 Å². The quantitative estimate of drug-likeness (QED) is 0.316. The van der Waals surface area contributed by atoms with E-state index < -0.39 is 40.2 Å². The van der Waals surface area contributed by atoms with Crippen LogP contribution >= 0.6 is 23.2 Å². The number of amides is 2. The van der Waals surface area contributed by atoms with Gasteiger partial charge in [-0.1, -0.05) is 36.2 Å². The molecule has 0 bridgehead atoms. The van der Waals surface area contributed by atoms with Crippen LogP contribution in [0, 0.1) is 5.82 Å². The second-order valence-electron chi connectivity index (χ2n) is 9.38. The van der Waals surface area contributed by atoms with E-state index in [2.05, 4.69) is 5.32 Å². The zero-order chi connectivity index (χ0) is 30.4. The summed E-state index contributed by atoms with van der Waals surface area (Å²) >= 11 is 12.3. The third-order valence-electron chi connectivity index (χ3n) is 6.57. The van der Waals surface area contributed by atoms with Gasteiger partial charge in [-0.3, -0.25) is 13.9 Å². The van der Waals surface area contributed by atoms with Crippen molar-refractivity contribution in [2.75, 3.05) is 30.6 Å². The number of benzene rings is 3. The lowest BCUT2D eigenvalue weighted by Crippen LogP contribution is -2.52. The average molecular weight is 639 g/mol. The van der Waals surface area contributed by atoms with Gasteiger partial charge in [0.2, 0.25) is 11.8 Å². The number of fused-ring (bicyclic) bond motifs is 1. The summed E-state index contributed by atoms with van der Waals surface area (Å²) in [6.07, 6.45) is 0.254. The van der Waals surface area contributed by atoms with Gasteiger partial charge in [0.15, 0.2) is 11.5 Å². The van der Waals surface area contributed by atoms with Crippen molar-refractivity contribution in [2.24, 2.45) is 0 Å². The number of rotatable bonds is 11. The van der Waals surface area contributed by atoms with Gasteiger partial charge in [0.1, 0.15) is 31.6 Å². The van der Waals surface area contributed by atoms with Gasteiger partial charge in [-0.25, -0.2) is 12.8 Å². The van der Waals surface area contributed by atoms with Crippen molar-refractivity contribution in [3.05, 3.63) is 82.1 Å². The molecule has 4 rings (SSSR count). The van der Waals surface area contributed by atoms with Crippen LogP contribution in [0.3, 0.4) is 0 Å². The second kappa shape index (κ2) is 13.6. The minimum absolute atomic E-state index is 0.0489. The van der Waals surface area contributed by atoms with E-state index in [1.165, 1.54) is 35.2 Å². The molecule has 1 N–H and O–H groups in total. The van der Waals surface area contributed by atoms with Crippen LogP contribution in [0.25, 0.3) is 0 Å². The Kier molecular flexibility index (Phi) is 10.2. The molecule has 13 heteroatoms. The number of carbonyl (C=O) groups excluding carboxylic acids is 2. The molecule has 3 aromatic rings. The fourth-order valence-corrected chi connectivity index (χ4v) is 6.24. The Morgan fingerprint density at radius 2 is 1.64 bits per heavy atom. The molecule has 0 aliphatic carbocycles. The fourth-order valence-electron chi connectivity index (χ4n) is 4.49. The molecule has 224 valence electrons. The highest BCUT2D eigenvalue weighted by molar-refractivity contribution is 7.92. The first kappa shape index (κ1) is 31.4. The number of halogens is 3. The van der Waals surface area contributed by atoms with Crippen LogP contribution in [0.2, 0.25) is 10.0 Å². The Hall–Kier alpha value is -3.54. The maximum atomic E-state index is 14.0.